The topological polar surface area (TPSA) is 109 Å². The monoisotopic (exact) mass is 1040 g/mol. The van der Waals surface area contributed by atoms with E-state index in [1.807, 2.05) is 0 Å². The zero-order valence-corrected chi connectivity index (χ0v) is 45.7. The summed E-state index contributed by atoms with van der Waals surface area (Å²) in [4.78, 5) is 43.2. The van der Waals surface area contributed by atoms with E-state index < -0.39 is 0 Å². The lowest BCUT2D eigenvalue weighted by Crippen LogP contribution is -2.07. The van der Waals surface area contributed by atoms with Crippen molar-refractivity contribution < 1.29 is 0 Å². The maximum absolute atomic E-state index is 5.92. The molecular formula is C72H66N8. The quantitative estimate of drug-likeness (QED) is 0.182. The van der Waals surface area contributed by atoms with Gasteiger partial charge in [-0.25, -0.2) is 29.9 Å². The molecule has 0 spiro atoms. The molecule has 8 heteroatoms. The van der Waals surface area contributed by atoms with Gasteiger partial charge < -0.3 is 9.97 Å². The first-order valence-electron chi connectivity index (χ1n) is 30.7. The highest BCUT2D eigenvalue weighted by Crippen LogP contribution is 2.52. The molecule has 8 nitrogen and oxygen atoms in total. The fourth-order valence-electron chi connectivity index (χ4n) is 16.5. The van der Waals surface area contributed by atoms with Gasteiger partial charge in [-0.15, -0.1) is 0 Å². The zero-order chi connectivity index (χ0) is 52.4. The van der Waals surface area contributed by atoms with Gasteiger partial charge in [0.1, 0.15) is 22.6 Å². The van der Waals surface area contributed by atoms with E-state index in [0.717, 1.165) is 129 Å². The molecule has 0 saturated heterocycles. The number of benzene rings is 8. The lowest BCUT2D eigenvalue weighted by Gasteiger charge is -2.26. The summed E-state index contributed by atoms with van der Waals surface area (Å²) >= 11 is 0. The molecule has 0 unspecified atom stereocenters. The Hall–Kier alpha value is -7.84. The number of nitrogens with zero attached hydrogens (tertiary/aromatic N) is 6. The van der Waals surface area contributed by atoms with Crippen LogP contribution in [-0.4, -0.2) is 39.9 Å². The Morgan fingerprint density at radius 3 is 0.938 bits per heavy atom. The van der Waals surface area contributed by atoms with Crippen LogP contribution < -0.4 is 0 Å². The van der Waals surface area contributed by atoms with Gasteiger partial charge in [0.25, 0.3) is 0 Å². The van der Waals surface area contributed by atoms with Crippen LogP contribution in [0, 0.1) is 0 Å². The van der Waals surface area contributed by atoms with Crippen molar-refractivity contribution >= 4 is 87.2 Å². The van der Waals surface area contributed by atoms with Gasteiger partial charge in [0, 0.05) is 43.8 Å². The molecule has 0 radical (unpaired) electrons. The number of aromatic nitrogens is 8. The molecule has 4 aliphatic carbocycles. The van der Waals surface area contributed by atoms with E-state index in [2.05, 4.69) is 131 Å². The molecule has 8 aromatic carbocycles. The fourth-order valence-corrected chi connectivity index (χ4v) is 16.5. The van der Waals surface area contributed by atoms with Crippen molar-refractivity contribution in [2.45, 2.75) is 152 Å². The van der Waals surface area contributed by atoms with Gasteiger partial charge >= 0.3 is 0 Å². The first-order valence-corrected chi connectivity index (χ1v) is 30.7. The van der Waals surface area contributed by atoms with Gasteiger partial charge in [-0.05, 0) is 165 Å². The Morgan fingerprint density at radius 2 is 0.575 bits per heavy atom. The first kappa shape index (κ1) is 47.0. The van der Waals surface area contributed by atoms with Crippen LogP contribution in [0.3, 0.4) is 0 Å². The molecule has 2 aliphatic heterocycles. The third-order valence-corrected chi connectivity index (χ3v) is 20.1. The maximum Gasteiger partial charge on any atom is 0.165 e. The fraction of sp³-hybridized carbons (Fsp3) is 0.333. The number of aromatic amines is 2. The number of hydrogen-bond acceptors (Lipinski definition) is 6. The van der Waals surface area contributed by atoms with E-state index in [1.54, 1.807) is 0 Å². The van der Waals surface area contributed by atoms with E-state index in [4.69, 9.17) is 29.9 Å². The summed E-state index contributed by atoms with van der Waals surface area (Å²) in [5, 5.41) is 14.6. The van der Waals surface area contributed by atoms with Crippen molar-refractivity contribution in [2.75, 3.05) is 0 Å². The molecule has 3 aromatic heterocycles. The van der Waals surface area contributed by atoms with E-state index in [1.165, 1.54) is 142 Å². The Balaban J connectivity index is 1.08. The smallest absolute Gasteiger partial charge is 0.165 e. The van der Waals surface area contributed by atoms with Gasteiger partial charge in [-0.1, -0.05) is 174 Å². The van der Waals surface area contributed by atoms with Gasteiger partial charge in [0.2, 0.25) is 0 Å². The largest absolute Gasteiger partial charge is 0.324 e. The van der Waals surface area contributed by atoms with Crippen molar-refractivity contribution in [1.82, 2.24) is 39.9 Å². The number of fused-ring (bicyclic) bond motifs is 24. The lowest BCUT2D eigenvalue weighted by molar-refractivity contribution is 0.446. The molecule has 11 aromatic rings. The van der Waals surface area contributed by atoms with Crippen molar-refractivity contribution in [3.05, 3.63) is 144 Å². The first-order chi connectivity index (χ1) is 39.7. The van der Waals surface area contributed by atoms with Gasteiger partial charge in [-0.2, -0.15) is 0 Å². The molecule has 4 fully saturated rings. The molecule has 8 bridgehead atoms. The molecule has 17 rings (SSSR count). The van der Waals surface area contributed by atoms with Crippen molar-refractivity contribution in [1.29, 1.82) is 0 Å². The second kappa shape index (κ2) is 18.9. The number of rotatable bonds is 4. The van der Waals surface area contributed by atoms with E-state index in [9.17, 15) is 0 Å². The Morgan fingerprint density at radius 1 is 0.275 bits per heavy atom. The molecular weight excluding hydrogens is 977 g/mol. The predicted molar refractivity (Wildman–Crippen MR) is 329 cm³/mol. The number of hydrogen-bond donors (Lipinski definition) is 2. The second-order valence-corrected chi connectivity index (χ2v) is 24.7. The molecule has 80 heavy (non-hydrogen) atoms. The SMILES string of the molecule is c1ccc2c(C3CCCCC3)c3c(cc2c1)-c1nc-3nc2[nH]c(nc3nc(nc4[nH]c(n1)c1c(C5CCCCC5)c5ccccc5cc41)-c1c-3cc3ccccc3c1C1CCCCC1)c1c(C3CCCCC3)c3ccccc3cc21. The second-order valence-electron chi connectivity index (χ2n) is 24.7. The average molecular weight is 1040 g/mol. The number of nitrogens with one attached hydrogen (secondary N) is 2. The van der Waals surface area contributed by atoms with E-state index in [-0.39, 0.29) is 0 Å². The summed E-state index contributed by atoms with van der Waals surface area (Å²) < 4.78 is 0. The average Bonchev–Trinajstić information content (AvgIpc) is 4.41. The molecule has 394 valence electrons. The molecule has 6 aliphatic rings. The van der Waals surface area contributed by atoms with Crippen LogP contribution >= 0.6 is 0 Å². The minimum Gasteiger partial charge on any atom is -0.324 e. The van der Waals surface area contributed by atoms with Crippen LogP contribution in [0.4, 0.5) is 0 Å². The van der Waals surface area contributed by atoms with Crippen molar-refractivity contribution in [3.63, 3.8) is 0 Å². The minimum atomic E-state index is 0.381. The Bertz CT molecular complexity index is 4250. The van der Waals surface area contributed by atoms with Gasteiger partial charge in [0.05, 0.1) is 0 Å². The van der Waals surface area contributed by atoms with Crippen LogP contribution in [0.1, 0.15) is 174 Å². The summed E-state index contributed by atoms with van der Waals surface area (Å²) in [6.45, 7) is 0. The highest BCUT2D eigenvalue weighted by molar-refractivity contribution is 6.16. The summed E-state index contributed by atoms with van der Waals surface area (Å²) in [6.07, 6.45) is 24.1. The molecule has 2 N–H and O–H groups in total. The highest BCUT2D eigenvalue weighted by Gasteiger charge is 2.34. The van der Waals surface area contributed by atoms with Crippen LogP contribution in [0.15, 0.2) is 121 Å². The van der Waals surface area contributed by atoms with Crippen molar-refractivity contribution in [3.8, 4) is 45.6 Å². The van der Waals surface area contributed by atoms with E-state index in [0.29, 0.717) is 35.3 Å². The lowest BCUT2D eigenvalue weighted by atomic mass is 9.78. The minimum absolute atomic E-state index is 0.381. The Kier molecular flexibility index (Phi) is 11.1. The van der Waals surface area contributed by atoms with E-state index >= 15 is 0 Å². The van der Waals surface area contributed by atoms with Gasteiger partial charge in [0.15, 0.2) is 23.3 Å². The van der Waals surface area contributed by atoms with Gasteiger partial charge in [-0.3, -0.25) is 0 Å². The molecule has 0 atom stereocenters. The van der Waals surface area contributed by atoms with Crippen LogP contribution in [0.5, 0.6) is 0 Å². The van der Waals surface area contributed by atoms with Crippen molar-refractivity contribution in [2.24, 2.45) is 0 Å². The molecule has 0 amide bonds. The zero-order valence-electron chi connectivity index (χ0n) is 45.7. The normalized spacial score (nSPS) is 17.8. The summed E-state index contributed by atoms with van der Waals surface area (Å²) in [6, 6.07) is 45.6. The molecule has 5 heterocycles. The highest BCUT2D eigenvalue weighted by atomic mass is 15.1. The Labute approximate surface area is 466 Å². The summed E-state index contributed by atoms with van der Waals surface area (Å²) in [5.41, 5.74) is 13.1. The third-order valence-electron chi connectivity index (χ3n) is 20.1. The third kappa shape index (κ3) is 7.46. The van der Waals surface area contributed by atoms with Crippen LogP contribution in [0.2, 0.25) is 0 Å². The predicted octanol–water partition coefficient (Wildman–Crippen LogP) is 19.7. The standard InChI is InChI=1S/C72H66N8/c1-5-21-41(22-6-1)57-49-33-17-13-29-45(49)37-53-61(57)69-73-65(53)78-70-63-55(39-47-31-15-19-35-51(47)59(63)43-25-9-3-10-26-43)67(75-70)80-72-64-56(40-48-32-16-20-36-52(48)60(64)44-27-11-4-12-28-44)68(76-72)79-71-62-54(66(74-71)77-69)38-46-30-14-18-34-50(46)58(62)42-23-7-2-8-24-42/h13-20,29-44H,1-12,21-28H2,(H2,73,74,75,76,77,78,79,80). The summed E-state index contributed by atoms with van der Waals surface area (Å²) in [7, 11) is 0. The van der Waals surface area contributed by atoms with Crippen LogP contribution in [-0.2, 0) is 0 Å². The van der Waals surface area contributed by atoms with Crippen LogP contribution in [0.25, 0.3) is 133 Å². The number of H-pyrrole nitrogens is 2. The maximum atomic E-state index is 5.92. The summed E-state index contributed by atoms with van der Waals surface area (Å²) in [5.74, 6) is 4.38. The molecule has 4 saturated carbocycles.